The second-order valence-electron chi connectivity index (χ2n) is 5.33. The van der Waals surface area contributed by atoms with Crippen LogP contribution >= 0.6 is 15.9 Å². The lowest BCUT2D eigenvalue weighted by atomic mass is 9.69. The molecule has 2 N–H and O–H groups in total. The van der Waals surface area contributed by atoms with Gasteiger partial charge in [-0.1, -0.05) is 19.3 Å². The summed E-state index contributed by atoms with van der Waals surface area (Å²) in [6.07, 6.45) is 5.50. The Labute approximate surface area is 127 Å². The van der Waals surface area contributed by atoms with Gasteiger partial charge in [0.15, 0.2) is 17.3 Å². The average molecular weight is 346 g/mol. The minimum Gasteiger partial charge on any atom is -0.492 e. The number of methoxy groups -OCH3 is 2. The molecular formula is C15H21BrFNO2. The predicted octanol–water partition coefficient (Wildman–Crippen LogP) is 3.77. The third-order valence-corrected chi connectivity index (χ3v) is 4.89. The smallest absolute Gasteiger partial charge is 0.198 e. The van der Waals surface area contributed by atoms with Crippen LogP contribution in [0, 0.1) is 5.82 Å². The van der Waals surface area contributed by atoms with Crippen LogP contribution in [0.3, 0.4) is 0 Å². The van der Waals surface area contributed by atoms with E-state index in [1.54, 1.807) is 13.2 Å². The molecule has 0 aromatic heterocycles. The number of rotatable bonds is 4. The molecule has 1 saturated carbocycles. The van der Waals surface area contributed by atoms with Crippen molar-refractivity contribution in [2.75, 3.05) is 20.8 Å². The fourth-order valence-electron chi connectivity index (χ4n) is 3.18. The third-order valence-electron chi connectivity index (χ3n) is 4.31. The van der Waals surface area contributed by atoms with Gasteiger partial charge in [0.05, 0.1) is 18.7 Å². The number of halogens is 2. The highest BCUT2D eigenvalue weighted by molar-refractivity contribution is 9.10. The first-order chi connectivity index (χ1) is 9.59. The molecule has 0 heterocycles. The average Bonchev–Trinajstić information content (AvgIpc) is 2.49. The second-order valence-corrected chi connectivity index (χ2v) is 6.19. The molecule has 1 fully saturated rings. The van der Waals surface area contributed by atoms with Crippen LogP contribution in [0.4, 0.5) is 4.39 Å². The van der Waals surface area contributed by atoms with Gasteiger partial charge < -0.3 is 15.2 Å². The van der Waals surface area contributed by atoms with Crippen molar-refractivity contribution < 1.29 is 13.9 Å². The van der Waals surface area contributed by atoms with Gasteiger partial charge in [-0.05, 0) is 34.8 Å². The zero-order valence-electron chi connectivity index (χ0n) is 12.0. The number of hydrogen-bond donors (Lipinski definition) is 1. The topological polar surface area (TPSA) is 44.5 Å². The Kier molecular flexibility index (Phi) is 4.91. The van der Waals surface area contributed by atoms with Crippen molar-refractivity contribution in [2.45, 2.75) is 37.5 Å². The van der Waals surface area contributed by atoms with Crippen LogP contribution in [-0.4, -0.2) is 20.8 Å². The quantitative estimate of drug-likeness (QED) is 0.903. The van der Waals surface area contributed by atoms with Crippen LogP contribution in [0.1, 0.15) is 37.7 Å². The van der Waals surface area contributed by atoms with Gasteiger partial charge in [-0.3, -0.25) is 0 Å². The highest BCUT2D eigenvalue weighted by Crippen LogP contribution is 2.48. The molecule has 1 aromatic carbocycles. The molecule has 0 spiro atoms. The van der Waals surface area contributed by atoms with Crippen molar-refractivity contribution in [3.8, 4) is 11.5 Å². The van der Waals surface area contributed by atoms with Crippen molar-refractivity contribution in [3.05, 3.63) is 21.9 Å². The number of nitrogens with two attached hydrogens (primary N) is 1. The van der Waals surface area contributed by atoms with Crippen LogP contribution in [-0.2, 0) is 5.41 Å². The molecule has 0 bridgehead atoms. The monoisotopic (exact) mass is 345 g/mol. The molecule has 20 heavy (non-hydrogen) atoms. The molecule has 0 unspecified atom stereocenters. The summed E-state index contributed by atoms with van der Waals surface area (Å²) in [6, 6.07) is 1.80. The van der Waals surface area contributed by atoms with E-state index >= 15 is 0 Å². The van der Waals surface area contributed by atoms with E-state index < -0.39 is 5.82 Å². The first-order valence-corrected chi connectivity index (χ1v) is 7.69. The van der Waals surface area contributed by atoms with Crippen molar-refractivity contribution >= 4 is 15.9 Å². The Balaban J connectivity index is 2.62. The van der Waals surface area contributed by atoms with E-state index in [0.29, 0.717) is 16.8 Å². The van der Waals surface area contributed by atoms with Crippen molar-refractivity contribution in [1.29, 1.82) is 0 Å². The standard InChI is InChI=1S/C15H21BrFNO2/c1-19-13-10(8-11(16)12(17)14(13)20-2)15(9-18)6-4-3-5-7-15/h8H,3-7,9,18H2,1-2H3. The lowest BCUT2D eigenvalue weighted by molar-refractivity contribution is 0.277. The first kappa shape index (κ1) is 15.6. The van der Waals surface area contributed by atoms with Crippen LogP contribution in [0.15, 0.2) is 10.5 Å². The largest absolute Gasteiger partial charge is 0.492 e. The molecule has 112 valence electrons. The minimum atomic E-state index is -0.434. The Morgan fingerprint density at radius 1 is 1.20 bits per heavy atom. The number of hydrogen-bond acceptors (Lipinski definition) is 3. The highest BCUT2D eigenvalue weighted by atomic mass is 79.9. The van der Waals surface area contributed by atoms with E-state index in [2.05, 4.69) is 15.9 Å². The molecule has 0 atom stereocenters. The number of benzene rings is 1. The summed E-state index contributed by atoms with van der Waals surface area (Å²) >= 11 is 3.27. The van der Waals surface area contributed by atoms with Crippen LogP contribution < -0.4 is 15.2 Å². The first-order valence-electron chi connectivity index (χ1n) is 6.90. The Morgan fingerprint density at radius 2 is 1.80 bits per heavy atom. The summed E-state index contributed by atoms with van der Waals surface area (Å²) in [5.74, 6) is 0.187. The molecule has 1 aliphatic rings. The summed E-state index contributed by atoms with van der Waals surface area (Å²) in [5, 5.41) is 0. The summed E-state index contributed by atoms with van der Waals surface area (Å²) in [5.41, 5.74) is 6.87. The maximum absolute atomic E-state index is 14.1. The van der Waals surface area contributed by atoms with Gasteiger partial charge in [0, 0.05) is 17.5 Å². The predicted molar refractivity (Wildman–Crippen MR) is 81.0 cm³/mol. The van der Waals surface area contributed by atoms with Gasteiger partial charge in [0.2, 0.25) is 0 Å². The molecule has 2 rings (SSSR count). The van der Waals surface area contributed by atoms with Crippen LogP contribution in [0.25, 0.3) is 0 Å². The van der Waals surface area contributed by atoms with Gasteiger partial charge in [-0.15, -0.1) is 0 Å². The summed E-state index contributed by atoms with van der Waals surface area (Å²) in [7, 11) is 2.99. The summed E-state index contributed by atoms with van der Waals surface area (Å²) < 4.78 is 25.2. The lowest BCUT2D eigenvalue weighted by Gasteiger charge is -2.38. The summed E-state index contributed by atoms with van der Waals surface area (Å²) in [6.45, 7) is 0.532. The van der Waals surface area contributed by atoms with E-state index in [0.717, 1.165) is 31.2 Å². The SMILES string of the molecule is COc1c(C2(CN)CCCCC2)cc(Br)c(F)c1OC. The third kappa shape index (κ3) is 2.53. The highest BCUT2D eigenvalue weighted by Gasteiger charge is 2.37. The zero-order chi connectivity index (χ0) is 14.8. The Hall–Kier alpha value is -0.810. The van der Waals surface area contributed by atoms with Gasteiger partial charge in [-0.25, -0.2) is 4.39 Å². The summed E-state index contributed by atoms with van der Waals surface area (Å²) in [4.78, 5) is 0. The van der Waals surface area contributed by atoms with Crippen LogP contribution in [0.5, 0.6) is 11.5 Å². The van der Waals surface area contributed by atoms with E-state index in [-0.39, 0.29) is 11.2 Å². The lowest BCUT2D eigenvalue weighted by Crippen LogP contribution is -2.37. The van der Waals surface area contributed by atoms with Gasteiger partial charge >= 0.3 is 0 Å². The maximum Gasteiger partial charge on any atom is 0.198 e. The molecule has 1 aliphatic carbocycles. The maximum atomic E-state index is 14.1. The Bertz CT molecular complexity index is 487. The molecule has 1 aromatic rings. The van der Waals surface area contributed by atoms with E-state index in [9.17, 15) is 4.39 Å². The molecular weight excluding hydrogens is 325 g/mol. The molecule has 0 saturated heterocycles. The fraction of sp³-hybridized carbons (Fsp3) is 0.600. The molecule has 3 nitrogen and oxygen atoms in total. The van der Waals surface area contributed by atoms with Gasteiger partial charge in [0.1, 0.15) is 0 Å². The minimum absolute atomic E-state index is 0.146. The van der Waals surface area contributed by atoms with Crippen molar-refractivity contribution in [2.24, 2.45) is 5.73 Å². The van der Waals surface area contributed by atoms with Crippen molar-refractivity contribution in [1.82, 2.24) is 0 Å². The number of ether oxygens (including phenoxy) is 2. The second kappa shape index (κ2) is 6.31. The Morgan fingerprint density at radius 3 is 2.30 bits per heavy atom. The molecule has 0 radical (unpaired) electrons. The molecule has 0 amide bonds. The van der Waals surface area contributed by atoms with E-state index in [4.69, 9.17) is 15.2 Å². The van der Waals surface area contributed by atoms with Gasteiger partial charge in [-0.2, -0.15) is 0 Å². The van der Waals surface area contributed by atoms with Crippen LogP contribution in [0.2, 0.25) is 0 Å². The normalized spacial score (nSPS) is 17.9. The fourth-order valence-corrected chi connectivity index (χ4v) is 3.59. The van der Waals surface area contributed by atoms with E-state index in [1.807, 2.05) is 0 Å². The van der Waals surface area contributed by atoms with E-state index in [1.165, 1.54) is 13.5 Å². The van der Waals surface area contributed by atoms with Crippen molar-refractivity contribution in [3.63, 3.8) is 0 Å². The van der Waals surface area contributed by atoms with Gasteiger partial charge in [0.25, 0.3) is 0 Å². The molecule has 5 heteroatoms. The molecule has 0 aliphatic heterocycles. The zero-order valence-corrected chi connectivity index (χ0v) is 13.6.